The quantitative estimate of drug-likeness (QED) is 0.0297. The monoisotopic (exact) mass is 1430 g/mol. The first-order valence-electron chi connectivity index (χ1n) is 30.3. The van der Waals surface area contributed by atoms with Crippen LogP contribution in [0.5, 0.6) is 0 Å². The lowest BCUT2D eigenvalue weighted by Crippen LogP contribution is -2.34. The van der Waals surface area contributed by atoms with Gasteiger partial charge in [0.25, 0.3) is 0 Å². The van der Waals surface area contributed by atoms with Gasteiger partial charge in [0, 0.05) is 39.5 Å². The van der Waals surface area contributed by atoms with E-state index in [9.17, 15) is 39.6 Å². The number of esters is 4. The Hall–Kier alpha value is -7.12. The minimum Gasteiger partial charge on any atom is -0.463 e. The van der Waals surface area contributed by atoms with E-state index in [2.05, 4.69) is 59.8 Å². The van der Waals surface area contributed by atoms with Crippen molar-refractivity contribution >= 4 is 121 Å². The summed E-state index contributed by atoms with van der Waals surface area (Å²) >= 11 is 5.63. The first-order valence-corrected chi connectivity index (χ1v) is 35.2. The van der Waals surface area contributed by atoms with Crippen LogP contribution in [0, 0.1) is 25.7 Å². The molecular weight excluding hydrogens is 1350 g/mol. The van der Waals surface area contributed by atoms with Gasteiger partial charge in [-0.05, 0) is 45.3 Å². The lowest BCUT2D eigenvalue weighted by atomic mass is 10.0. The highest BCUT2D eigenvalue weighted by Gasteiger charge is 2.49. The first kappa shape index (κ1) is 74.1. The molecule has 0 radical (unpaired) electrons. The van der Waals surface area contributed by atoms with Gasteiger partial charge in [0.2, 0.25) is 0 Å². The Balaban J connectivity index is 0.000000153. The van der Waals surface area contributed by atoms with Crippen molar-refractivity contribution in [2.75, 3.05) is 57.2 Å². The predicted octanol–water partition coefficient (Wildman–Crippen LogP) is 2.23. The zero-order valence-corrected chi connectivity index (χ0v) is 58.3. The number of fused-ring (bicyclic) bond motifs is 4. The summed E-state index contributed by atoms with van der Waals surface area (Å²) in [6.45, 7) is 14.2. The van der Waals surface area contributed by atoms with Gasteiger partial charge in [-0.3, -0.25) is 37.4 Å². The second-order valence-electron chi connectivity index (χ2n) is 22.6. The molecule has 8 aromatic heterocycles. The van der Waals surface area contributed by atoms with Gasteiger partial charge in [0.1, 0.15) is 109 Å². The van der Waals surface area contributed by atoms with Crippen molar-refractivity contribution in [2.45, 2.75) is 175 Å². The summed E-state index contributed by atoms with van der Waals surface area (Å²) in [4.78, 5) is 97.9. The Morgan fingerprint density at radius 1 is 0.474 bits per heavy atom. The normalized spacial score (nSPS) is 26.7. The van der Waals surface area contributed by atoms with Gasteiger partial charge in [-0.15, -0.1) is 0 Å². The fourth-order valence-corrected chi connectivity index (χ4v) is 12.9. The minimum absolute atomic E-state index is 0.00479. The Labute approximate surface area is 571 Å². The molecule has 0 unspecified atom stereocenters. The SMILES string of the molecule is CCc1nc(SC)nc2c1ncn2[C@@H]1O[C@H](COC(C)=O)[C@@H](OC(C)=O)[C@H]1C.CSc1nc(C)c2ncn([C@@H]3O[C@H](CO)[C@@H](O)[C@H]3O)c2n1.CSc1nc(C)c2ncn([C@@H]3O[C@H](COC(C)=O)[C@@H](OC(C)=O)[C@H]3C)c2n1.CSc1nc(N)c2ncn([C@@H]3O[C@H](CO)[C@@H](O)[C@H]3O)c2n1. The van der Waals surface area contributed by atoms with Crippen LogP contribution in [0.1, 0.15) is 90.5 Å². The number of thioether (sulfide) groups is 4. The second-order valence-corrected chi connectivity index (χ2v) is 25.6. The molecule has 0 saturated carbocycles. The molecule has 4 fully saturated rings. The Morgan fingerprint density at radius 2 is 0.804 bits per heavy atom. The number of nitrogens with zero attached hydrogens (tertiary/aromatic N) is 16. The van der Waals surface area contributed by atoms with Gasteiger partial charge in [-0.25, -0.2) is 59.8 Å². The molecule has 8 aromatic rings. The molecular formula is C58H77N17O18S4. The Bertz CT molecular complexity index is 4000. The third-order valence-corrected chi connectivity index (χ3v) is 18.2. The van der Waals surface area contributed by atoms with Crippen LogP contribution in [0.25, 0.3) is 44.7 Å². The topological polar surface area (TPSA) is 464 Å². The van der Waals surface area contributed by atoms with Crippen LogP contribution in [0.15, 0.2) is 45.9 Å². The van der Waals surface area contributed by atoms with E-state index in [1.807, 2.05) is 68.8 Å². The fraction of sp³-hybridized carbons (Fsp3) is 0.586. The van der Waals surface area contributed by atoms with E-state index in [-0.39, 0.29) is 37.5 Å². The Kier molecular flexibility index (Phi) is 24.6. The van der Waals surface area contributed by atoms with Crippen molar-refractivity contribution in [3.8, 4) is 0 Å². The molecule has 35 nitrogen and oxygen atoms in total. The average molecular weight is 1430 g/mol. The van der Waals surface area contributed by atoms with Crippen molar-refractivity contribution in [1.82, 2.24) is 78.1 Å². The van der Waals surface area contributed by atoms with Crippen LogP contribution < -0.4 is 5.73 Å². The van der Waals surface area contributed by atoms with Gasteiger partial charge >= 0.3 is 23.9 Å². The van der Waals surface area contributed by atoms with Gasteiger partial charge in [0.15, 0.2) is 61.5 Å². The van der Waals surface area contributed by atoms with Gasteiger partial charge in [-0.2, -0.15) is 0 Å². The predicted molar refractivity (Wildman–Crippen MR) is 348 cm³/mol. The second kappa shape index (κ2) is 32.3. The average Bonchev–Trinajstić information content (AvgIpc) is 1.65. The fourth-order valence-electron chi connectivity index (χ4n) is 11.3. The molecule has 4 saturated heterocycles. The van der Waals surface area contributed by atoms with E-state index in [4.69, 9.17) is 53.8 Å². The standard InChI is InChI=1S/C18H24N4O5S.C17H22N4O5S.C12H16N4O4S.C11H15N5O4S/c1-6-12-14-16(21-18(20-12)28-5)22(8-19-14)17-9(2)15(26-11(4)24)13(27-17)7-25-10(3)23;1-8-14(25-11(4)23)12(6-24-10(3)22)26-16(8)21-7-18-13-9(2)19-17(27-5)20-15(13)21;1-5-7-10(15-12(14-5)21-2)16(4-13-7)11-9(19)8(18)6(3-17)20-11;1-21-11-14-8(12)5-9(15-11)16(3-13-5)10-7(19)6(18)4(2-17)20-10/h8-9,13,15,17H,6-7H2,1-5H3;7-8,12,14,16H,6H2,1-5H3;4,6,8-9,11,17-19H,3H2,1-2H3;3-4,6-7,10,17-19H,2H2,1H3,(H2,12,14,15)/t9-,13-,15+,17-;8-,12-,14+,16-;6-,8-,9-,11-;4-,6-,7-,10-/m1111/s1. The molecule has 8 N–H and O–H groups in total. The number of hydrogen-bond acceptors (Lipinski definition) is 35. The number of anilines is 1. The molecule has 0 amide bonds. The number of hydrogen-bond donors (Lipinski definition) is 7. The number of nitrogen functional groups attached to an aromatic ring is 1. The molecule has 12 rings (SSSR count). The maximum Gasteiger partial charge on any atom is 0.303 e. The van der Waals surface area contributed by atoms with E-state index in [0.29, 0.717) is 59.8 Å². The Morgan fingerprint density at radius 3 is 1.15 bits per heavy atom. The number of aromatic nitrogens is 16. The van der Waals surface area contributed by atoms with Crippen LogP contribution in [-0.2, 0) is 63.5 Å². The highest BCUT2D eigenvalue weighted by Crippen LogP contribution is 2.41. The van der Waals surface area contributed by atoms with Crippen molar-refractivity contribution in [3.05, 3.63) is 42.4 Å². The number of rotatable bonds is 17. The van der Waals surface area contributed by atoms with Crippen molar-refractivity contribution < 1.29 is 87.7 Å². The summed E-state index contributed by atoms with van der Waals surface area (Å²) in [6.07, 6.45) is 3.17. The summed E-state index contributed by atoms with van der Waals surface area (Å²) < 4.78 is 51.0. The van der Waals surface area contributed by atoms with Crippen LogP contribution in [-0.4, -0.2) is 245 Å². The van der Waals surface area contributed by atoms with Crippen LogP contribution >= 0.6 is 47.0 Å². The van der Waals surface area contributed by atoms with Crippen molar-refractivity contribution in [1.29, 1.82) is 0 Å². The molecule has 0 spiro atoms. The van der Waals surface area contributed by atoms with Crippen LogP contribution in [0.2, 0.25) is 0 Å². The zero-order chi connectivity index (χ0) is 70.4. The van der Waals surface area contributed by atoms with E-state index < -0.39 is 116 Å². The number of aryl methyl sites for hydroxylation is 3. The largest absolute Gasteiger partial charge is 0.463 e. The number of nitrogens with two attached hydrogens (primary N) is 1. The van der Waals surface area contributed by atoms with Gasteiger partial charge < -0.3 is 74.3 Å². The molecule has 16 atom stereocenters. The number of carbonyl (C=O) groups excluding carboxylic acids is 4. The molecule has 12 heterocycles. The molecule has 97 heavy (non-hydrogen) atoms. The molecule has 526 valence electrons. The number of aliphatic hydroxyl groups excluding tert-OH is 6. The van der Waals surface area contributed by atoms with E-state index >= 15 is 0 Å². The maximum atomic E-state index is 11.6. The number of aliphatic hydroxyl groups is 6. The third kappa shape index (κ3) is 16.0. The van der Waals surface area contributed by atoms with E-state index in [1.165, 1.54) is 92.0 Å². The maximum absolute atomic E-state index is 11.6. The van der Waals surface area contributed by atoms with E-state index in [0.717, 1.165) is 29.0 Å². The molecule has 4 aliphatic heterocycles. The summed E-state index contributed by atoms with van der Waals surface area (Å²) in [7, 11) is 0. The lowest BCUT2D eigenvalue weighted by molar-refractivity contribution is -0.157. The summed E-state index contributed by atoms with van der Waals surface area (Å²) in [5, 5.41) is 60.5. The minimum atomic E-state index is -1.20. The van der Waals surface area contributed by atoms with Crippen molar-refractivity contribution in [2.24, 2.45) is 11.8 Å². The molecule has 0 bridgehead atoms. The lowest BCUT2D eigenvalue weighted by Gasteiger charge is -2.20. The van der Waals surface area contributed by atoms with Crippen LogP contribution in [0.3, 0.4) is 0 Å². The molecule has 0 aromatic carbocycles. The number of carbonyl (C=O) groups is 4. The van der Waals surface area contributed by atoms with Gasteiger partial charge in [-0.1, -0.05) is 67.8 Å². The molecule has 4 aliphatic rings. The molecule has 0 aliphatic carbocycles. The van der Waals surface area contributed by atoms with Crippen LogP contribution in [0.4, 0.5) is 5.82 Å². The van der Waals surface area contributed by atoms with E-state index in [1.54, 1.807) is 17.2 Å². The third-order valence-electron chi connectivity index (χ3n) is 16.1. The van der Waals surface area contributed by atoms with Crippen molar-refractivity contribution in [3.63, 3.8) is 0 Å². The smallest absolute Gasteiger partial charge is 0.303 e. The van der Waals surface area contributed by atoms with Gasteiger partial charge in [0.05, 0.1) is 55.6 Å². The highest BCUT2D eigenvalue weighted by atomic mass is 32.2. The summed E-state index contributed by atoms with van der Waals surface area (Å²) in [6, 6.07) is 0. The summed E-state index contributed by atoms with van der Waals surface area (Å²) in [5.74, 6) is -1.82. The number of imidazole rings is 4. The first-order chi connectivity index (χ1) is 46.3. The zero-order valence-electron chi connectivity index (χ0n) is 55.0. The summed E-state index contributed by atoms with van der Waals surface area (Å²) in [5.41, 5.74) is 12.9. The number of ether oxygens (including phenoxy) is 8. The highest BCUT2D eigenvalue weighted by molar-refractivity contribution is 7.99. The molecule has 39 heteroatoms.